The molecule has 2 heterocycles. The highest BCUT2D eigenvalue weighted by molar-refractivity contribution is 7.10. The zero-order valence-corrected chi connectivity index (χ0v) is 11.6. The summed E-state index contributed by atoms with van der Waals surface area (Å²) in [5.74, 6) is 0.372. The van der Waals surface area contributed by atoms with Crippen LogP contribution in [0.3, 0.4) is 0 Å². The second kappa shape index (κ2) is 4.19. The predicted molar refractivity (Wildman–Crippen MR) is 73.9 cm³/mol. The van der Waals surface area contributed by atoms with Crippen molar-refractivity contribution in [2.75, 3.05) is 0 Å². The molecule has 0 aromatic carbocycles. The van der Waals surface area contributed by atoms with Crippen LogP contribution in [0.5, 0.6) is 0 Å². The Morgan fingerprint density at radius 2 is 2.39 bits per heavy atom. The number of hydrogen-bond donors (Lipinski definition) is 1. The van der Waals surface area contributed by atoms with Crippen molar-refractivity contribution in [1.82, 2.24) is 5.43 Å². The van der Waals surface area contributed by atoms with Gasteiger partial charge in [0.05, 0.1) is 17.7 Å². The molecule has 0 spiro atoms. The van der Waals surface area contributed by atoms with Gasteiger partial charge in [0.25, 0.3) is 0 Å². The maximum absolute atomic E-state index is 12.3. The lowest BCUT2D eigenvalue weighted by Gasteiger charge is -2.36. The zero-order chi connectivity index (χ0) is 12.8. The molecular weight excluding hydrogens is 244 g/mol. The number of rotatable bonds is 2. The third kappa shape index (κ3) is 2.09. The molecule has 18 heavy (non-hydrogen) atoms. The van der Waals surface area contributed by atoms with Crippen LogP contribution in [-0.4, -0.2) is 17.5 Å². The largest absolute Gasteiger partial charge is 0.306 e. The molecule has 1 saturated carbocycles. The van der Waals surface area contributed by atoms with E-state index in [2.05, 4.69) is 35.8 Å². The average Bonchev–Trinajstić information content (AvgIpc) is 2.87. The highest BCUT2D eigenvalue weighted by atomic mass is 32.1. The first kappa shape index (κ1) is 11.9. The second-order valence-corrected chi connectivity index (χ2v) is 7.12. The van der Waals surface area contributed by atoms with Gasteiger partial charge in [-0.1, -0.05) is 19.9 Å². The van der Waals surface area contributed by atoms with Gasteiger partial charge in [0.2, 0.25) is 0 Å². The predicted octanol–water partition coefficient (Wildman–Crippen LogP) is 2.62. The lowest BCUT2D eigenvalue weighted by Crippen LogP contribution is -2.45. The van der Waals surface area contributed by atoms with E-state index in [4.69, 9.17) is 0 Å². The average molecular weight is 262 g/mol. The van der Waals surface area contributed by atoms with E-state index < -0.39 is 0 Å². The van der Waals surface area contributed by atoms with Crippen LogP contribution in [0, 0.1) is 11.3 Å². The van der Waals surface area contributed by atoms with Crippen molar-refractivity contribution in [3.63, 3.8) is 0 Å². The van der Waals surface area contributed by atoms with Crippen molar-refractivity contribution < 1.29 is 4.79 Å². The number of hydrogen-bond acceptors (Lipinski definition) is 4. The topological polar surface area (TPSA) is 41.5 Å². The number of carbonyl (C=O) groups excluding carboxylic acids is 1. The maximum Gasteiger partial charge on any atom is 0.144 e. The quantitative estimate of drug-likeness (QED) is 0.890. The summed E-state index contributed by atoms with van der Waals surface area (Å²) in [7, 11) is 0. The minimum absolute atomic E-state index is 0.0140. The summed E-state index contributed by atoms with van der Waals surface area (Å²) in [5, 5.41) is 6.49. The van der Waals surface area contributed by atoms with Gasteiger partial charge in [-0.2, -0.15) is 5.10 Å². The molecule has 1 N–H and O–H groups in total. The lowest BCUT2D eigenvalue weighted by molar-refractivity contribution is -0.126. The Kier molecular flexibility index (Phi) is 2.77. The normalized spacial score (nSPS) is 29.7. The van der Waals surface area contributed by atoms with E-state index in [0.29, 0.717) is 12.2 Å². The first-order valence-electron chi connectivity index (χ1n) is 6.42. The van der Waals surface area contributed by atoms with Crippen LogP contribution in [0.2, 0.25) is 0 Å². The molecule has 0 amide bonds. The molecule has 0 unspecified atom stereocenters. The van der Waals surface area contributed by atoms with Crippen molar-refractivity contribution in [2.45, 2.75) is 39.2 Å². The molecule has 1 fully saturated rings. The molecule has 1 aliphatic carbocycles. The fourth-order valence-corrected chi connectivity index (χ4v) is 3.83. The van der Waals surface area contributed by atoms with Crippen molar-refractivity contribution in [2.24, 2.45) is 16.4 Å². The van der Waals surface area contributed by atoms with Crippen LogP contribution in [0.1, 0.15) is 31.6 Å². The first-order chi connectivity index (χ1) is 8.55. The first-order valence-corrected chi connectivity index (χ1v) is 7.30. The number of nitrogens with zero attached hydrogens (tertiary/aromatic N) is 1. The fraction of sp³-hybridized carbons (Fsp3) is 0.571. The van der Waals surface area contributed by atoms with Gasteiger partial charge in [-0.05, 0) is 23.3 Å². The SMILES string of the molecule is CC1(C)CC(=O)[C@@H]2C(Cc3cccs3)=NN[C@@H]2C1. The Morgan fingerprint density at radius 3 is 3.11 bits per heavy atom. The van der Waals surface area contributed by atoms with Gasteiger partial charge in [0.15, 0.2) is 0 Å². The summed E-state index contributed by atoms with van der Waals surface area (Å²) >= 11 is 1.73. The molecule has 4 heteroatoms. The van der Waals surface area contributed by atoms with Crippen LogP contribution in [0.15, 0.2) is 22.6 Å². The van der Waals surface area contributed by atoms with Crippen molar-refractivity contribution >= 4 is 22.8 Å². The molecule has 1 aromatic heterocycles. The van der Waals surface area contributed by atoms with E-state index in [-0.39, 0.29) is 17.4 Å². The molecule has 3 rings (SSSR count). The number of nitrogens with one attached hydrogen (secondary N) is 1. The van der Waals surface area contributed by atoms with Crippen LogP contribution >= 0.6 is 11.3 Å². The van der Waals surface area contributed by atoms with E-state index in [1.165, 1.54) is 4.88 Å². The zero-order valence-electron chi connectivity index (χ0n) is 10.8. The standard InChI is InChI=1S/C14H18N2OS/c1-14(2)7-11-13(12(17)8-14)10(15-16-11)6-9-4-3-5-18-9/h3-5,11,13,16H,6-8H2,1-2H3/t11-,13-/m1/s1. The van der Waals surface area contributed by atoms with Gasteiger partial charge in [-0.15, -0.1) is 11.3 Å². The Labute approximate surface area is 111 Å². The van der Waals surface area contributed by atoms with Gasteiger partial charge < -0.3 is 5.43 Å². The number of Topliss-reactive ketones (excluding diaryl/α,β-unsaturated/α-hetero) is 1. The number of ketones is 1. The number of carbonyl (C=O) groups is 1. The smallest absolute Gasteiger partial charge is 0.144 e. The third-order valence-electron chi connectivity index (χ3n) is 3.84. The van der Waals surface area contributed by atoms with E-state index in [1.54, 1.807) is 11.3 Å². The molecule has 2 atom stereocenters. The summed E-state index contributed by atoms with van der Waals surface area (Å²) in [6, 6.07) is 4.38. The molecule has 0 radical (unpaired) electrons. The van der Waals surface area contributed by atoms with Gasteiger partial charge >= 0.3 is 0 Å². The second-order valence-electron chi connectivity index (χ2n) is 6.08. The monoisotopic (exact) mass is 262 g/mol. The molecule has 0 saturated heterocycles. The van der Waals surface area contributed by atoms with E-state index in [0.717, 1.165) is 18.6 Å². The Balaban J connectivity index is 1.78. The van der Waals surface area contributed by atoms with Gasteiger partial charge in [-0.25, -0.2) is 0 Å². The molecule has 1 aromatic rings. The summed E-state index contributed by atoms with van der Waals surface area (Å²) in [6.45, 7) is 4.33. The van der Waals surface area contributed by atoms with Crippen molar-refractivity contribution in [3.8, 4) is 0 Å². The van der Waals surface area contributed by atoms with Crippen LogP contribution in [0.4, 0.5) is 0 Å². The van der Waals surface area contributed by atoms with Gasteiger partial charge in [0.1, 0.15) is 5.78 Å². The molecule has 96 valence electrons. The van der Waals surface area contributed by atoms with Crippen molar-refractivity contribution in [1.29, 1.82) is 0 Å². The van der Waals surface area contributed by atoms with Crippen molar-refractivity contribution in [3.05, 3.63) is 22.4 Å². The Hall–Kier alpha value is -1.16. The van der Waals surface area contributed by atoms with E-state index >= 15 is 0 Å². The Bertz CT molecular complexity index is 490. The lowest BCUT2D eigenvalue weighted by atomic mass is 9.68. The van der Waals surface area contributed by atoms with Crippen LogP contribution in [-0.2, 0) is 11.2 Å². The van der Waals surface area contributed by atoms with Gasteiger partial charge in [0, 0.05) is 17.7 Å². The molecule has 0 bridgehead atoms. The number of thiophene rings is 1. The molecular formula is C14H18N2OS. The molecule has 3 nitrogen and oxygen atoms in total. The minimum Gasteiger partial charge on any atom is -0.306 e. The Morgan fingerprint density at radius 1 is 1.56 bits per heavy atom. The van der Waals surface area contributed by atoms with E-state index in [9.17, 15) is 4.79 Å². The summed E-state index contributed by atoms with van der Waals surface area (Å²) < 4.78 is 0. The summed E-state index contributed by atoms with van der Waals surface area (Å²) in [6.07, 6.45) is 2.53. The maximum atomic E-state index is 12.3. The highest BCUT2D eigenvalue weighted by Crippen LogP contribution is 2.39. The summed E-state index contributed by atoms with van der Waals surface area (Å²) in [4.78, 5) is 13.6. The minimum atomic E-state index is 0.0140. The van der Waals surface area contributed by atoms with E-state index in [1.807, 2.05) is 6.07 Å². The van der Waals surface area contributed by atoms with Crippen LogP contribution < -0.4 is 5.43 Å². The third-order valence-corrected chi connectivity index (χ3v) is 4.72. The molecule has 1 aliphatic heterocycles. The highest BCUT2D eigenvalue weighted by Gasteiger charge is 2.45. The fourth-order valence-electron chi connectivity index (χ4n) is 3.11. The van der Waals surface area contributed by atoms with Gasteiger partial charge in [-0.3, -0.25) is 4.79 Å². The van der Waals surface area contributed by atoms with Crippen LogP contribution in [0.25, 0.3) is 0 Å². The number of fused-ring (bicyclic) bond motifs is 1. The summed E-state index contributed by atoms with van der Waals surface area (Å²) in [5.41, 5.74) is 4.32. The molecule has 2 aliphatic rings. The number of hydrazone groups is 1.